The summed E-state index contributed by atoms with van der Waals surface area (Å²) in [6.07, 6.45) is 1.50. The third-order valence-electron chi connectivity index (χ3n) is 5.27. The Labute approximate surface area is 182 Å². The lowest BCUT2D eigenvalue weighted by Gasteiger charge is -2.35. The van der Waals surface area contributed by atoms with Crippen molar-refractivity contribution < 1.29 is 9.53 Å². The number of ether oxygens (including phenoxy) is 1. The van der Waals surface area contributed by atoms with Gasteiger partial charge < -0.3 is 15.0 Å². The van der Waals surface area contributed by atoms with Gasteiger partial charge in [-0.1, -0.05) is 42.5 Å². The molecule has 1 aliphatic heterocycles. The van der Waals surface area contributed by atoms with E-state index >= 15 is 0 Å². The van der Waals surface area contributed by atoms with Gasteiger partial charge in [0, 0.05) is 38.8 Å². The van der Waals surface area contributed by atoms with Crippen molar-refractivity contribution in [1.82, 2.24) is 14.9 Å². The van der Waals surface area contributed by atoms with E-state index in [1.54, 1.807) is 12.1 Å². The number of para-hydroxylation sites is 1. The number of amides is 1. The minimum atomic E-state index is -0.249. The second kappa shape index (κ2) is 10.0. The van der Waals surface area contributed by atoms with Crippen molar-refractivity contribution in [1.29, 1.82) is 0 Å². The molecule has 1 fully saturated rings. The highest BCUT2D eigenvalue weighted by atomic mass is 16.5. The fourth-order valence-corrected chi connectivity index (χ4v) is 3.68. The topological polar surface area (TPSA) is 70.6 Å². The number of nitrogens with zero attached hydrogens (tertiary/aromatic N) is 4. The Morgan fingerprint density at radius 1 is 1.00 bits per heavy atom. The maximum Gasteiger partial charge on any atom is 0.260 e. The highest BCUT2D eigenvalue weighted by molar-refractivity contribution is 6.05. The van der Waals surface area contributed by atoms with Crippen LogP contribution in [0.3, 0.4) is 0 Å². The normalized spacial score (nSPS) is 14.3. The van der Waals surface area contributed by atoms with Crippen LogP contribution in [-0.4, -0.2) is 53.6 Å². The van der Waals surface area contributed by atoms with Crippen LogP contribution >= 0.6 is 0 Å². The standard InChI is InChI=1S/C24H27N5O2/c1-2-31-21-11-7-6-10-20(21)24(30)27-22-16-23(26-18-25-22)29-14-12-28(13-15-29)17-19-8-4-3-5-9-19/h3-11,16,18H,2,12-15,17H2,1H3,(H,25,26,27,30). The van der Waals surface area contributed by atoms with Crippen LogP contribution in [0.2, 0.25) is 0 Å². The molecular weight excluding hydrogens is 390 g/mol. The van der Waals surface area contributed by atoms with Crippen LogP contribution in [0.5, 0.6) is 5.75 Å². The summed E-state index contributed by atoms with van der Waals surface area (Å²) < 4.78 is 5.56. The molecule has 1 N–H and O–H groups in total. The van der Waals surface area contributed by atoms with Gasteiger partial charge in [0.15, 0.2) is 0 Å². The van der Waals surface area contributed by atoms with Gasteiger partial charge in [0.2, 0.25) is 0 Å². The van der Waals surface area contributed by atoms with Crippen molar-refractivity contribution >= 4 is 17.5 Å². The number of piperazine rings is 1. The number of carbonyl (C=O) groups is 1. The molecule has 1 aliphatic rings. The molecule has 2 heterocycles. The first-order chi connectivity index (χ1) is 15.2. The molecule has 0 aliphatic carbocycles. The minimum Gasteiger partial charge on any atom is -0.493 e. The number of aromatic nitrogens is 2. The summed E-state index contributed by atoms with van der Waals surface area (Å²) >= 11 is 0. The van der Waals surface area contributed by atoms with Gasteiger partial charge in [-0.3, -0.25) is 9.69 Å². The Balaban J connectivity index is 1.37. The van der Waals surface area contributed by atoms with Crippen LogP contribution in [0.4, 0.5) is 11.6 Å². The molecule has 3 aromatic rings. The maximum atomic E-state index is 12.7. The predicted molar refractivity (Wildman–Crippen MR) is 122 cm³/mol. The van der Waals surface area contributed by atoms with Gasteiger partial charge in [-0.25, -0.2) is 9.97 Å². The summed E-state index contributed by atoms with van der Waals surface area (Å²) in [5.74, 6) is 1.61. The molecule has 1 amide bonds. The lowest BCUT2D eigenvalue weighted by Crippen LogP contribution is -2.46. The zero-order chi connectivity index (χ0) is 21.5. The van der Waals surface area contributed by atoms with E-state index in [9.17, 15) is 4.79 Å². The largest absolute Gasteiger partial charge is 0.493 e. The fraction of sp³-hybridized carbons (Fsp3) is 0.292. The molecule has 0 spiro atoms. The van der Waals surface area contributed by atoms with Crippen LogP contribution in [0.15, 0.2) is 67.0 Å². The van der Waals surface area contributed by atoms with Gasteiger partial charge >= 0.3 is 0 Å². The molecule has 4 rings (SSSR count). The Hall–Kier alpha value is -3.45. The number of anilines is 2. The summed E-state index contributed by atoms with van der Waals surface area (Å²) in [4.78, 5) is 26.1. The Bertz CT molecular complexity index is 1000. The van der Waals surface area contributed by atoms with E-state index < -0.39 is 0 Å². The molecule has 7 heteroatoms. The third kappa shape index (κ3) is 5.38. The van der Waals surface area contributed by atoms with Crippen molar-refractivity contribution in [3.63, 3.8) is 0 Å². The van der Waals surface area contributed by atoms with Crippen LogP contribution in [0, 0.1) is 0 Å². The van der Waals surface area contributed by atoms with Gasteiger partial charge in [0.1, 0.15) is 23.7 Å². The fourth-order valence-electron chi connectivity index (χ4n) is 3.68. The molecule has 0 saturated carbocycles. The quantitative estimate of drug-likeness (QED) is 0.635. The molecule has 0 radical (unpaired) electrons. The summed E-state index contributed by atoms with van der Waals surface area (Å²) in [6.45, 7) is 7.03. The number of rotatable bonds is 7. The zero-order valence-electron chi connectivity index (χ0n) is 17.7. The molecule has 1 saturated heterocycles. The van der Waals surface area contributed by atoms with Crippen molar-refractivity contribution in [2.75, 3.05) is 43.0 Å². The average Bonchev–Trinajstić information content (AvgIpc) is 2.81. The first kappa shape index (κ1) is 20.8. The third-order valence-corrected chi connectivity index (χ3v) is 5.27. The van der Waals surface area contributed by atoms with Crippen LogP contribution in [0.25, 0.3) is 0 Å². The molecule has 0 atom stereocenters. The lowest BCUT2D eigenvalue weighted by atomic mass is 10.2. The van der Waals surface area contributed by atoms with Gasteiger partial charge in [0.25, 0.3) is 5.91 Å². The van der Waals surface area contributed by atoms with Crippen molar-refractivity contribution in [3.8, 4) is 5.75 Å². The van der Waals surface area contributed by atoms with Gasteiger partial charge in [-0.2, -0.15) is 0 Å². The predicted octanol–water partition coefficient (Wildman–Crippen LogP) is 3.45. The van der Waals surface area contributed by atoms with Crippen LogP contribution < -0.4 is 15.0 Å². The van der Waals surface area contributed by atoms with Crippen molar-refractivity contribution in [2.45, 2.75) is 13.5 Å². The molecule has 31 heavy (non-hydrogen) atoms. The van der Waals surface area contributed by atoms with E-state index in [0.717, 1.165) is 38.5 Å². The van der Waals surface area contributed by atoms with Crippen LogP contribution in [0.1, 0.15) is 22.8 Å². The lowest BCUT2D eigenvalue weighted by molar-refractivity contribution is 0.102. The van der Waals surface area contributed by atoms with E-state index in [4.69, 9.17) is 4.74 Å². The first-order valence-corrected chi connectivity index (χ1v) is 10.6. The summed E-state index contributed by atoms with van der Waals surface area (Å²) in [6, 6.07) is 19.6. The molecule has 1 aromatic heterocycles. The molecular formula is C24H27N5O2. The number of benzene rings is 2. The van der Waals surface area contributed by atoms with Crippen molar-refractivity contribution in [2.24, 2.45) is 0 Å². The molecule has 0 unspecified atom stereocenters. The second-order valence-electron chi connectivity index (χ2n) is 7.39. The number of carbonyl (C=O) groups excluding carboxylic acids is 1. The smallest absolute Gasteiger partial charge is 0.260 e. The monoisotopic (exact) mass is 417 g/mol. The zero-order valence-corrected chi connectivity index (χ0v) is 17.7. The maximum absolute atomic E-state index is 12.7. The first-order valence-electron chi connectivity index (χ1n) is 10.6. The Kier molecular flexibility index (Phi) is 6.74. The number of nitrogens with one attached hydrogen (secondary N) is 1. The van der Waals surface area contributed by atoms with E-state index in [-0.39, 0.29) is 5.91 Å². The molecule has 7 nitrogen and oxygen atoms in total. The molecule has 2 aromatic carbocycles. The number of hydrogen-bond donors (Lipinski definition) is 1. The molecule has 0 bridgehead atoms. The number of hydrogen-bond acceptors (Lipinski definition) is 6. The Morgan fingerprint density at radius 2 is 1.74 bits per heavy atom. The van der Waals surface area contributed by atoms with E-state index in [1.807, 2.05) is 31.2 Å². The Morgan fingerprint density at radius 3 is 2.52 bits per heavy atom. The highest BCUT2D eigenvalue weighted by Crippen LogP contribution is 2.21. The summed E-state index contributed by atoms with van der Waals surface area (Å²) in [5.41, 5.74) is 1.81. The summed E-state index contributed by atoms with van der Waals surface area (Å²) in [7, 11) is 0. The van der Waals surface area contributed by atoms with Crippen LogP contribution in [-0.2, 0) is 6.54 Å². The second-order valence-corrected chi connectivity index (χ2v) is 7.39. The van der Waals surface area contributed by atoms with E-state index in [0.29, 0.717) is 23.7 Å². The SMILES string of the molecule is CCOc1ccccc1C(=O)Nc1cc(N2CCN(Cc3ccccc3)CC2)ncn1. The minimum absolute atomic E-state index is 0.249. The van der Waals surface area contributed by atoms with E-state index in [1.165, 1.54) is 11.9 Å². The van der Waals surface area contributed by atoms with Crippen molar-refractivity contribution in [3.05, 3.63) is 78.1 Å². The molecule has 160 valence electrons. The van der Waals surface area contributed by atoms with Gasteiger partial charge in [-0.15, -0.1) is 0 Å². The highest BCUT2D eigenvalue weighted by Gasteiger charge is 2.19. The summed E-state index contributed by atoms with van der Waals surface area (Å²) in [5, 5.41) is 2.87. The van der Waals surface area contributed by atoms with Gasteiger partial charge in [0.05, 0.1) is 12.2 Å². The van der Waals surface area contributed by atoms with E-state index in [2.05, 4.69) is 49.4 Å². The average molecular weight is 418 g/mol. The van der Waals surface area contributed by atoms with Gasteiger partial charge in [-0.05, 0) is 24.6 Å².